The van der Waals surface area contributed by atoms with Crippen LogP contribution < -0.4 is 5.32 Å². The van der Waals surface area contributed by atoms with Crippen LogP contribution in [0.4, 0.5) is 0 Å². The van der Waals surface area contributed by atoms with Gasteiger partial charge in [-0.2, -0.15) is 0 Å². The van der Waals surface area contributed by atoms with Gasteiger partial charge in [-0.1, -0.05) is 45.1 Å². The molecule has 1 aliphatic carbocycles. The van der Waals surface area contributed by atoms with Crippen molar-refractivity contribution >= 4 is 0 Å². The Kier molecular flexibility index (Phi) is 5.18. The van der Waals surface area contributed by atoms with Gasteiger partial charge in [0, 0.05) is 11.7 Å². The highest BCUT2D eigenvalue weighted by Gasteiger charge is 2.20. The molecule has 1 atom stereocenters. The van der Waals surface area contributed by atoms with Crippen molar-refractivity contribution in [2.75, 3.05) is 6.54 Å². The van der Waals surface area contributed by atoms with E-state index in [4.69, 9.17) is 4.98 Å². The molecule has 1 unspecified atom stereocenters. The molecule has 2 rings (SSSR count). The summed E-state index contributed by atoms with van der Waals surface area (Å²) in [5, 5.41) is 3.61. The predicted molar refractivity (Wildman–Crippen MR) is 76.6 cm³/mol. The van der Waals surface area contributed by atoms with Gasteiger partial charge in [0.1, 0.15) is 0 Å². The van der Waals surface area contributed by atoms with Crippen molar-refractivity contribution in [3.63, 3.8) is 0 Å². The zero-order chi connectivity index (χ0) is 12.8. The van der Waals surface area contributed by atoms with Crippen molar-refractivity contribution in [1.82, 2.24) is 10.3 Å². The van der Waals surface area contributed by atoms with Gasteiger partial charge in [0.15, 0.2) is 0 Å². The molecule has 0 aliphatic heterocycles. The van der Waals surface area contributed by atoms with E-state index >= 15 is 0 Å². The smallest absolute Gasteiger partial charge is 0.0576 e. The summed E-state index contributed by atoms with van der Waals surface area (Å²) in [4.78, 5) is 4.70. The van der Waals surface area contributed by atoms with Crippen LogP contribution in [0.1, 0.15) is 62.9 Å². The lowest BCUT2D eigenvalue weighted by molar-refractivity contribution is 0.299. The maximum Gasteiger partial charge on any atom is 0.0576 e. The van der Waals surface area contributed by atoms with Crippen LogP contribution in [0.3, 0.4) is 0 Å². The quantitative estimate of drug-likeness (QED) is 0.849. The van der Waals surface area contributed by atoms with Crippen molar-refractivity contribution in [1.29, 1.82) is 0 Å². The molecule has 1 aromatic rings. The number of aryl methyl sites for hydroxylation is 1. The van der Waals surface area contributed by atoms with Crippen molar-refractivity contribution in [3.05, 3.63) is 29.6 Å². The molecule has 0 amide bonds. The maximum atomic E-state index is 4.70. The molecule has 0 radical (unpaired) electrons. The highest BCUT2D eigenvalue weighted by atomic mass is 14.9. The third kappa shape index (κ3) is 3.81. The molecule has 1 heterocycles. The van der Waals surface area contributed by atoms with Crippen LogP contribution >= 0.6 is 0 Å². The fourth-order valence-corrected chi connectivity index (χ4v) is 3.07. The molecule has 2 nitrogen and oxygen atoms in total. The van der Waals surface area contributed by atoms with Crippen LogP contribution in [0.15, 0.2) is 18.2 Å². The summed E-state index contributed by atoms with van der Waals surface area (Å²) in [7, 11) is 0. The summed E-state index contributed by atoms with van der Waals surface area (Å²) in [5.41, 5.74) is 2.35. The summed E-state index contributed by atoms with van der Waals surface area (Å²) in [6.45, 7) is 5.28. The minimum atomic E-state index is 0.443. The van der Waals surface area contributed by atoms with Gasteiger partial charge in [-0.3, -0.25) is 4.98 Å². The molecule has 2 heteroatoms. The van der Waals surface area contributed by atoms with Crippen LogP contribution in [0.25, 0.3) is 0 Å². The van der Waals surface area contributed by atoms with Crippen LogP contribution in [-0.2, 0) is 0 Å². The number of aromatic nitrogens is 1. The highest BCUT2D eigenvalue weighted by molar-refractivity contribution is 5.13. The second kappa shape index (κ2) is 6.89. The SMILES string of the molecule is CCNC(CC1CCCCC1)c1cccc(C)n1. The fraction of sp³-hybridized carbons (Fsp3) is 0.688. The lowest BCUT2D eigenvalue weighted by Crippen LogP contribution is -2.25. The summed E-state index contributed by atoms with van der Waals surface area (Å²) >= 11 is 0. The summed E-state index contributed by atoms with van der Waals surface area (Å²) < 4.78 is 0. The second-order valence-corrected chi connectivity index (χ2v) is 5.55. The zero-order valence-electron chi connectivity index (χ0n) is 11.8. The first kappa shape index (κ1) is 13.5. The average molecular weight is 246 g/mol. The Hall–Kier alpha value is -0.890. The highest BCUT2D eigenvalue weighted by Crippen LogP contribution is 2.31. The minimum absolute atomic E-state index is 0.443. The normalized spacial score (nSPS) is 18.8. The Labute approximate surface area is 111 Å². The number of hydrogen-bond donors (Lipinski definition) is 1. The third-order valence-corrected chi connectivity index (χ3v) is 4.01. The topological polar surface area (TPSA) is 24.9 Å². The van der Waals surface area contributed by atoms with E-state index in [2.05, 4.69) is 37.4 Å². The number of rotatable bonds is 5. The maximum absolute atomic E-state index is 4.70. The molecule has 1 aliphatic rings. The van der Waals surface area contributed by atoms with Gasteiger partial charge in [0.2, 0.25) is 0 Å². The van der Waals surface area contributed by atoms with Crippen LogP contribution in [0.5, 0.6) is 0 Å². The Bertz CT molecular complexity index is 356. The van der Waals surface area contributed by atoms with Crippen molar-refractivity contribution in [2.45, 2.75) is 58.4 Å². The second-order valence-electron chi connectivity index (χ2n) is 5.55. The average Bonchev–Trinajstić information content (AvgIpc) is 2.39. The van der Waals surface area contributed by atoms with E-state index in [9.17, 15) is 0 Å². The molecule has 0 spiro atoms. The first-order valence-electron chi connectivity index (χ1n) is 7.46. The van der Waals surface area contributed by atoms with E-state index in [-0.39, 0.29) is 0 Å². The Morgan fingerprint density at radius 3 is 2.72 bits per heavy atom. The molecule has 1 aromatic heterocycles. The first-order chi connectivity index (χ1) is 8.79. The molecule has 0 saturated heterocycles. The summed E-state index contributed by atoms with van der Waals surface area (Å²) in [6.07, 6.45) is 8.35. The van der Waals surface area contributed by atoms with Gasteiger partial charge in [-0.05, 0) is 37.9 Å². The number of hydrogen-bond acceptors (Lipinski definition) is 2. The van der Waals surface area contributed by atoms with Gasteiger partial charge in [0.25, 0.3) is 0 Å². The zero-order valence-corrected chi connectivity index (χ0v) is 11.8. The van der Waals surface area contributed by atoms with Crippen LogP contribution in [0.2, 0.25) is 0 Å². The standard InChI is InChI=1S/C16H26N2/c1-3-17-16(12-14-9-5-4-6-10-14)15-11-7-8-13(2)18-15/h7-8,11,14,16-17H,3-6,9-10,12H2,1-2H3. The monoisotopic (exact) mass is 246 g/mol. The van der Waals surface area contributed by atoms with Crippen molar-refractivity contribution in [3.8, 4) is 0 Å². The summed E-state index contributed by atoms with van der Waals surface area (Å²) in [5.74, 6) is 0.894. The molecular formula is C16H26N2. The molecule has 0 aromatic carbocycles. The lowest BCUT2D eigenvalue weighted by atomic mass is 9.84. The van der Waals surface area contributed by atoms with Gasteiger partial charge >= 0.3 is 0 Å². The fourth-order valence-electron chi connectivity index (χ4n) is 3.07. The summed E-state index contributed by atoms with van der Waals surface area (Å²) in [6, 6.07) is 6.82. The van der Waals surface area contributed by atoms with E-state index in [1.807, 2.05) is 0 Å². The van der Waals surface area contributed by atoms with Gasteiger partial charge in [-0.15, -0.1) is 0 Å². The number of pyridine rings is 1. The van der Waals surface area contributed by atoms with Gasteiger partial charge in [0.05, 0.1) is 5.69 Å². The van der Waals surface area contributed by atoms with E-state index in [0.29, 0.717) is 6.04 Å². The van der Waals surface area contributed by atoms with Crippen molar-refractivity contribution in [2.24, 2.45) is 5.92 Å². The van der Waals surface area contributed by atoms with Crippen LogP contribution in [0, 0.1) is 12.8 Å². The van der Waals surface area contributed by atoms with Gasteiger partial charge < -0.3 is 5.32 Å². The third-order valence-electron chi connectivity index (χ3n) is 4.01. The van der Waals surface area contributed by atoms with Gasteiger partial charge in [-0.25, -0.2) is 0 Å². The van der Waals surface area contributed by atoms with Crippen LogP contribution in [-0.4, -0.2) is 11.5 Å². The molecule has 1 saturated carbocycles. The Balaban J connectivity index is 2.02. The molecule has 1 fully saturated rings. The van der Waals surface area contributed by atoms with E-state index in [1.54, 1.807) is 0 Å². The molecule has 1 N–H and O–H groups in total. The number of nitrogens with one attached hydrogen (secondary N) is 1. The molecule has 100 valence electrons. The minimum Gasteiger partial charge on any atom is -0.309 e. The predicted octanol–water partition coefficient (Wildman–Crippen LogP) is 4.01. The Morgan fingerprint density at radius 2 is 2.06 bits per heavy atom. The lowest BCUT2D eigenvalue weighted by Gasteiger charge is -2.27. The van der Waals surface area contributed by atoms with E-state index in [1.165, 1.54) is 44.2 Å². The number of nitrogens with zero attached hydrogens (tertiary/aromatic N) is 1. The molecular weight excluding hydrogens is 220 g/mol. The Morgan fingerprint density at radius 1 is 1.28 bits per heavy atom. The van der Waals surface area contributed by atoms with E-state index < -0.39 is 0 Å². The first-order valence-corrected chi connectivity index (χ1v) is 7.46. The van der Waals surface area contributed by atoms with Crippen molar-refractivity contribution < 1.29 is 0 Å². The molecule has 0 bridgehead atoms. The van der Waals surface area contributed by atoms with E-state index in [0.717, 1.165) is 18.2 Å². The largest absolute Gasteiger partial charge is 0.309 e. The molecule has 18 heavy (non-hydrogen) atoms.